The smallest absolute Gasteiger partial charge is 0.133 e. The predicted molar refractivity (Wildman–Crippen MR) is 80.1 cm³/mol. The van der Waals surface area contributed by atoms with E-state index >= 15 is 0 Å². The van der Waals surface area contributed by atoms with Crippen LogP contribution in [0.5, 0.6) is 0 Å². The molecule has 1 saturated heterocycles. The Morgan fingerprint density at radius 3 is 3.05 bits per heavy atom. The summed E-state index contributed by atoms with van der Waals surface area (Å²) in [6.45, 7) is 2.08. The minimum atomic E-state index is -0.229. The van der Waals surface area contributed by atoms with Gasteiger partial charge in [-0.15, -0.1) is 11.3 Å². The SMILES string of the molecule is Fc1cc(Br)ccc1-c1csc(C2CCCNC2)n1. The van der Waals surface area contributed by atoms with Crippen LogP contribution in [0.15, 0.2) is 28.1 Å². The lowest BCUT2D eigenvalue weighted by Gasteiger charge is -2.20. The van der Waals surface area contributed by atoms with E-state index in [4.69, 9.17) is 0 Å². The van der Waals surface area contributed by atoms with E-state index in [1.54, 1.807) is 17.4 Å². The van der Waals surface area contributed by atoms with Crippen molar-refractivity contribution in [3.8, 4) is 11.3 Å². The summed E-state index contributed by atoms with van der Waals surface area (Å²) in [4.78, 5) is 4.62. The molecule has 0 aliphatic carbocycles. The maximum atomic E-state index is 13.9. The summed E-state index contributed by atoms with van der Waals surface area (Å²) >= 11 is 4.90. The first-order valence-corrected chi connectivity index (χ1v) is 8.03. The molecule has 0 saturated carbocycles. The van der Waals surface area contributed by atoms with Gasteiger partial charge in [0.1, 0.15) is 5.82 Å². The summed E-state index contributed by atoms with van der Waals surface area (Å²) in [5.41, 5.74) is 1.32. The standard InChI is InChI=1S/C14H14BrFN2S/c15-10-3-4-11(12(16)6-10)13-8-19-14(18-13)9-2-1-5-17-7-9/h3-4,6,8-9,17H,1-2,5,7H2. The molecule has 1 N–H and O–H groups in total. The second-order valence-corrected chi connectivity index (χ2v) is 6.54. The van der Waals surface area contributed by atoms with Crippen LogP contribution in [0.1, 0.15) is 23.8 Å². The van der Waals surface area contributed by atoms with Crippen LogP contribution in [-0.4, -0.2) is 18.1 Å². The van der Waals surface area contributed by atoms with Gasteiger partial charge in [-0.3, -0.25) is 0 Å². The molecule has 1 aliphatic heterocycles. The van der Waals surface area contributed by atoms with E-state index in [0.29, 0.717) is 11.5 Å². The van der Waals surface area contributed by atoms with Crippen molar-refractivity contribution in [1.29, 1.82) is 0 Å². The topological polar surface area (TPSA) is 24.9 Å². The van der Waals surface area contributed by atoms with Crippen LogP contribution >= 0.6 is 27.3 Å². The molecule has 1 aromatic carbocycles. The third-order valence-electron chi connectivity index (χ3n) is 3.38. The van der Waals surface area contributed by atoms with Crippen LogP contribution in [0.2, 0.25) is 0 Å². The summed E-state index contributed by atoms with van der Waals surface area (Å²) in [7, 11) is 0. The number of nitrogens with one attached hydrogen (secondary N) is 1. The normalized spacial score (nSPS) is 19.6. The van der Waals surface area contributed by atoms with Crippen LogP contribution in [-0.2, 0) is 0 Å². The zero-order chi connectivity index (χ0) is 13.2. The molecule has 1 aromatic heterocycles. The van der Waals surface area contributed by atoms with E-state index in [2.05, 4.69) is 26.2 Å². The van der Waals surface area contributed by atoms with Gasteiger partial charge >= 0.3 is 0 Å². The fraction of sp³-hybridized carbons (Fsp3) is 0.357. The highest BCUT2D eigenvalue weighted by molar-refractivity contribution is 9.10. The second-order valence-electron chi connectivity index (χ2n) is 4.74. The summed E-state index contributed by atoms with van der Waals surface area (Å²) in [6.07, 6.45) is 2.36. The summed E-state index contributed by atoms with van der Waals surface area (Å²) in [5, 5.41) is 6.46. The molecule has 100 valence electrons. The average molecular weight is 341 g/mol. The number of benzene rings is 1. The van der Waals surface area contributed by atoms with Crippen molar-refractivity contribution in [3.05, 3.63) is 38.9 Å². The molecule has 2 nitrogen and oxygen atoms in total. The predicted octanol–water partition coefficient (Wildman–Crippen LogP) is 4.18. The van der Waals surface area contributed by atoms with Gasteiger partial charge in [-0.25, -0.2) is 9.37 Å². The monoisotopic (exact) mass is 340 g/mol. The zero-order valence-corrected chi connectivity index (χ0v) is 12.7. The van der Waals surface area contributed by atoms with Crippen molar-refractivity contribution in [2.24, 2.45) is 0 Å². The Labute approximate surface area is 124 Å². The first-order chi connectivity index (χ1) is 9.24. The van der Waals surface area contributed by atoms with E-state index in [0.717, 1.165) is 28.3 Å². The highest BCUT2D eigenvalue weighted by atomic mass is 79.9. The van der Waals surface area contributed by atoms with Gasteiger partial charge in [-0.2, -0.15) is 0 Å². The number of aromatic nitrogens is 1. The summed E-state index contributed by atoms with van der Waals surface area (Å²) < 4.78 is 14.7. The molecule has 0 bridgehead atoms. The molecule has 0 radical (unpaired) electrons. The average Bonchev–Trinajstić information content (AvgIpc) is 2.89. The molecule has 2 aromatic rings. The van der Waals surface area contributed by atoms with Gasteiger partial charge in [0.05, 0.1) is 10.7 Å². The van der Waals surface area contributed by atoms with Crippen molar-refractivity contribution in [2.45, 2.75) is 18.8 Å². The van der Waals surface area contributed by atoms with E-state index in [1.807, 2.05) is 11.4 Å². The number of rotatable bonds is 2. The molecule has 1 fully saturated rings. The van der Waals surface area contributed by atoms with Crippen molar-refractivity contribution in [3.63, 3.8) is 0 Å². The Kier molecular flexibility index (Phi) is 3.96. The first-order valence-electron chi connectivity index (χ1n) is 6.35. The minimum absolute atomic E-state index is 0.229. The fourth-order valence-electron chi connectivity index (χ4n) is 2.36. The molecule has 5 heteroatoms. The molecule has 19 heavy (non-hydrogen) atoms. The molecule has 1 unspecified atom stereocenters. The molecule has 0 spiro atoms. The van der Waals surface area contributed by atoms with Crippen LogP contribution in [0.3, 0.4) is 0 Å². The molecule has 1 aliphatic rings. The molecular formula is C14H14BrFN2S. The number of nitrogens with zero attached hydrogens (tertiary/aromatic N) is 1. The maximum Gasteiger partial charge on any atom is 0.133 e. The van der Waals surface area contributed by atoms with Crippen molar-refractivity contribution >= 4 is 27.3 Å². The second kappa shape index (κ2) is 5.69. The lowest BCUT2D eigenvalue weighted by Crippen LogP contribution is -2.28. The maximum absolute atomic E-state index is 13.9. The number of hydrogen-bond acceptors (Lipinski definition) is 3. The van der Waals surface area contributed by atoms with Gasteiger partial charge in [0.2, 0.25) is 0 Å². The Hall–Kier alpha value is -0.780. The Morgan fingerprint density at radius 1 is 1.42 bits per heavy atom. The third-order valence-corrected chi connectivity index (χ3v) is 4.88. The quantitative estimate of drug-likeness (QED) is 0.886. The number of hydrogen-bond donors (Lipinski definition) is 1. The van der Waals surface area contributed by atoms with Crippen LogP contribution in [0.4, 0.5) is 4.39 Å². The lowest BCUT2D eigenvalue weighted by molar-refractivity contribution is 0.460. The van der Waals surface area contributed by atoms with Gasteiger partial charge < -0.3 is 5.32 Å². The minimum Gasteiger partial charge on any atom is -0.316 e. The molecule has 0 amide bonds. The van der Waals surface area contributed by atoms with E-state index < -0.39 is 0 Å². The highest BCUT2D eigenvalue weighted by Gasteiger charge is 2.19. The number of thiazole rings is 1. The summed E-state index contributed by atoms with van der Waals surface area (Å²) in [5.74, 6) is 0.249. The van der Waals surface area contributed by atoms with Gasteiger partial charge in [-0.05, 0) is 37.6 Å². The van der Waals surface area contributed by atoms with Gasteiger partial charge in [0.25, 0.3) is 0 Å². The van der Waals surface area contributed by atoms with Gasteiger partial charge in [0.15, 0.2) is 0 Å². The molecular weight excluding hydrogens is 327 g/mol. The Morgan fingerprint density at radius 2 is 2.32 bits per heavy atom. The lowest BCUT2D eigenvalue weighted by atomic mass is 10.0. The van der Waals surface area contributed by atoms with E-state index in [1.165, 1.54) is 18.9 Å². The van der Waals surface area contributed by atoms with Crippen molar-refractivity contribution < 1.29 is 4.39 Å². The van der Waals surface area contributed by atoms with Crippen LogP contribution < -0.4 is 5.32 Å². The zero-order valence-electron chi connectivity index (χ0n) is 10.3. The number of halogens is 2. The van der Waals surface area contributed by atoms with Gasteiger partial charge in [-0.1, -0.05) is 15.9 Å². The number of piperidine rings is 1. The Balaban J connectivity index is 1.87. The van der Waals surface area contributed by atoms with Crippen LogP contribution in [0, 0.1) is 5.82 Å². The highest BCUT2D eigenvalue weighted by Crippen LogP contribution is 2.31. The fourth-order valence-corrected chi connectivity index (χ4v) is 3.65. The van der Waals surface area contributed by atoms with E-state index in [9.17, 15) is 4.39 Å². The Bertz CT molecular complexity index is 579. The largest absolute Gasteiger partial charge is 0.316 e. The molecule has 1 atom stereocenters. The third kappa shape index (κ3) is 2.88. The van der Waals surface area contributed by atoms with E-state index in [-0.39, 0.29) is 5.82 Å². The van der Waals surface area contributed by atoms with Gasteiger partial charge in [0, 0.05) is 27.9 Å². The summed E-state index contributed by atoms with van der Waals surface area (Å²) in [6, 6.07) is 5.10. The molecule has 3 rings (SSSR count). The van der Waals surface area contributed by atoms with Crippen LogP contribution in [0.25, 0.3) is 11.3 Å². The first kappa shape index (κ1) is 13.2. The molecule has 2 heterocycles. The van der Waals surface area contributed by atoms with Crippen molar-refractivity contribution in [2.75, 3.05) is 13.1 Å². The van der Waals surface area contributed by atoms with Crippen molar-refractivity contribution in [1.82, 2.24) is 10.3 Å².